The third kappa shape index (κ3) is 5.22. The second kappa shape index (κ2) is 10.2. The van der Waals surface area contributed by atoms with Crippen LogP contribution < -0.4 is 20.1 Å². The van der Waals surface area contributed by atoms with Gasteiger partial charge in [-0.2, -0.15) is 5.10 Å². The van der Waals surface area contributed by atoms with E-state index in [9.17, 15) is 5.11 Å². The molecule has 158 valence electrons. The number of nitrogens with one attached hydrogen (secondary N) is 2. The number of hydrogen-bond donors (Lipinski definition) is 3. The van der Waals surface area contributed by atoms with E-state index in [2.05, 4.69) is 32.9 Å². The summed E-state index contributed by atoms with van der Waals surface area (Å²) in [6.45, 7) is 1.82. The van der Waals surface area contributed by atoms with Crippen molar-refractivity contribution in [3.05, 3.63) is 71.5 Å². The van der Waals surface area contributed by atoms with Gasteiger partial charge < -0.3 is 25.2 Å². The first kappa shape index (κ1) is 21.0. The van der Waals surface area contributed by atoms with Crippen LogP contribution in [0.3, 0.4) is 0 Å². The number of aliphatic imine (C=N–C) groups is 1. The average molecular weight is 409 g/mol. The van der Waals surface area contributed by atoms with E-state index < -0.39 is 0 Å². The minimum atomic E-state index is -0.0138. The van der Waals surface area contributed by atoms with E-state index in [0.717, 1.165) is 5.56 Å². The van der Waals surface area contributed by atoms with E-state index in [4.69, 9.17) is 9.47 Å². The molecule has 0 unspecified atom stereocenters. The van der Waals surface area contributed by atoms with E-state index in [1.807, 2.05) is 29.1 Å². The Labute approximate surface area is 176 Å². The van der Waals surface area contributed by atoms with Gasteiger partial charge in [-0.1, -0.05) is 24.3 Å². The molecule has 8 nitrogen and oxygen atoms in total. The zero-order valence-electron chi connectivity index (χ0n) is 17.4. The highest BCUT2D eigenvalue weighted by Crippen LogP contribution is 2.36. The van der Waals surface area contributed by atoms with Crippen molar-refractivity contribution in [2.24, 2.45) is 4.99 Å². The van der Waals surface area contributed by atoms with Gasteiger partial charge in [0.15, 0.2) is 17.5 Å². The van der Waals surface area contributed by atoms with Gasteiger partial charge in [-0.15, -0.1) is 0 Å². The number of ether oxygens (including phenoxy) is 2. The summed E-state index contributed by atoms with van der Waals surface area (Å²) >= 11 is 0. The summed E-state index contributed by atoms with van der Waals surface area (Å²) in [5.41, 5.74) is 3.25. The quantitative estimate of drug-likeness (QED) is 0.391. The van der Waals surface area contributed by atoms with E-state index in [1.165, 1.54) is 25.3 Å². The number of aromatic nitrogens is 2. The number of phenols is 1. The standard InChI is InChI=1S/C22H27N5O3/c1-23-22(24-13-16-11-19(29-2)21(28)20(12-16)30-3)25-14-17-7-4-5-8-18(17)15-27-10-6-9-26-27/h4-12,28H,13-15H2,1-3H3,(H2,23,24,25). The summed E-state index contributed by atoms with van der Waals surface area (Å²) in [5.74, 6) is 1.37. The highest BCUT2D eigenvalue weighted by Gasteiger charge is 2.11. The Morgan fingerprint density at radius 3 is 2.30 bits per heavy atom. The van der Waals surface area contributed by atoms with Gasteiger partial charge in [0, 0.05) is 32.5 Å². The third-order valence-electron chi connectivity index (χ3n) is 4.68. The van der Waals surface area contributed by atoms with Crippen molar-refractivity contribution in [1.29, 1.82) is 0 Å². The molecule has 0 atom stereocenters. The lowest BCUT2D eigenvalue weighted by Gasteiger charge is -2.16. The van der Waals surface area contributed by atoms with Gasteiger partial charge in [0.2, 0.25) is 5.75 Å². The maximum atomic E-state index is 10.1. The first-order valence-corrected chi connectivity index (χ1v) is 9.57. The van der Waals surface area contributed by atoms with Crippen molar-refractivity contribution in [1.82, 2.24) is 20.4 Å². The number of methoxy groups -OCH3 is 2. The molecule has 0 saturated heterocycles. The van der Waals surface area contributed by atoms with Crippen molar-refractivity contribution in [2.45, 2.75) is 19.6 Å². The van der Waals surface area contributed by atoms with Crippen molar-refractivity contribution in [3.63, 3.8) is 0 Å². The van der Waals surface area contributed by atoms with Gasteiger partial charge in [0.25, 0.3) is 0 Å². The van der Waals surface area contributed by atoms with Crippen LogP contribution in [0.4, 0.5) is 0 Å². The summed E-state index contributed by atoms with van der Waals surface area (Å²) in [6, 6.07) is 13.7. The molecular formula is C22H27N5O3. The maximum absolute atomic E-state index is 10.1. The number of benzene rings is 2. The molecule has 0 aliphatic rings. The number of phenolic OH excluding ortho intramolecular Hbond substituents is 1. The second-order valence-electron chi connectivity index (χ2n) is 6.60. The molecule has 0 radical (unpaired) electrons. The Kier molecular flexibility index (Phi) is 7.15. The fraction of sp³-hybridized carbons (Fsp3) is 0.273. The molecule has 3 aromatic rings. The van der Waals surface area contributed by atoms with Crippen LogP contribution in [-0.2, 0) is 19.6 Å². The highest BCUT2D eigenvalue weighted by atomic mass is 16.5. The predicted molar refractivity (Wildman–Crippen MR) is 116 cm³/mol. The van der Waals surface area contributed by atoms with Crippen LogP contribution in [0.2, 0.25) is 0 Å². The fourth-order valence-corrected chi connectivity index (χ4v) is 3.09. The Bertz CT molecular complexity index is 961. The zero-order valence-corrected chi connectivity index (χ0v) is 17.4. The van der Waals surface area contributed by atoms with Gasteiger partial charge in [0.1, 0.15) is 0 Å². The fourth-order valence-electron chi connectivity index (χ4n) is 3.09. The monoisotopic (exact) mass is 409 g/mol. The minimum Gasteiger partial charge on any atom is -0.502 e. The Morgan fingerprint density at radius 2 is 1.70 bits per heavy atom. The van der Waals surface area contributed by atoms with Crippen LogP contribution in [0.5, 0.6) is 17.2 Å². The Hall–Kier alpha value is -3.68. The highest BCUT2D eigenvalue weighted by molar-refractivity contribution is 5.79. The summed E-state index contributed by atoms with van der Waals surface area (Å²) < 4.78 is 12.3. The number of hydrogen-bond acceptors (Lipinski definition) is 5. The van der Waals surface area contributed by atoms with E-state index in [0.29, 0.717) is 37.1 Å². The van der Waals surface area contributed by atoms with E-state index >= 15 is 0 Å². The zero-order chi connectivity index (χ0) is 21.3. The summed E-state index contributed by atoms with van der Waals surface area (Å²) in [5, 5.41) is 20.9. The van der Waals surface area contributed by atoms with Crippen LogP contribution in [0.25, 0.3) is 0 Å². The first-order valence-electron chi connectivity index (χ1n) is 9.57. The molecule has 1 aromatic heterocycles. The van der Waals surface area contributed by atoms with Crippen LogP contribution >= 0.6 is 0 Å². The summed E-state index contributed by atoms with van der Waals surface area (Å²) in [6.07, 6.45) is 3.73. The van der Waals surface area contributed by atoms with E-state index in [-0.39, 0.29) is 5.75 Å². The van der Waals surface area contributed by atoms with Crippen molar-refractivity contribution >= 4 is 5.96 Å². The molecular weight excluding hydrogens is 382 g/mol. The van der Waals surface area contributed by atoms with Crippen molar-refractivity contribution in [3.8, 4) is 17.2 Å². The number of rotatable bonds is 8. The third-order valence-corrected chi connectivity index (χ3v) is 4.68. The molecule has 3 N–H and O–H groups in total. The van der Waals surface area contributed by atoms with Crippen LogP contribution in [0, 0.1) is 0 Å². The average Bonchev–Trinajstić information content (AvgIpc) is 3.28. The number of guanidine groups is 1. The molecule has 3 rings (SSSR count). The molecule has 2 aromatic carbocycles. The maximum Gasteiger partial charge on any atom is 0.200 e. The number of aromatic hydroxyl groups is 1. The van der Waals surface area contributed by atoms with Crippen LogP contribution in [0.15, 0.2) is 59.9 Å². The molecule has 0 aliphatic carbocycles. The molecule has 0 aliphatic heterocycles. The van der Waals surface area contributed by atoms with Crippen molar-refractivity contribution in [2.75, 3.05) is 21.3 Å². The van der Waals surface area contributed by atoms with Gasteiger partial charge in [-0.05, 0) is 34.9 Å². The molecule has 0 fully saturated rings. The topological polar surface area (TPSA) is 92.9 Å². The van der Waals surface area contributed by atoms with Gasteiger partial charge in [-0.3, -0.25) is 9.67 Å². The van der Waals surface area contributed by atoms with E-state index in [1.54, 1.807) is 25.4 Å². The van der Waals surface area contributed by atoms with Gasteiger partial charge in [-0.25, -0.2) is 0 Å². The Morgan fingerprint density at radius 1 is 1.03 bits per heavy atom. The summed E-state index contributed by atoms with van der Waals surface area (Å²) in [4.78, 5) is 4.29. The molecule has 30 heavy (non-hydrogen) atoms. The molecule has 0 spiro atoms. The largest absolute Gasteiger partial charge is 0.502 e. The lowest BCUT2D eigenvalue weighted by molar-refractivity contribution is 0.339. The number of nitrogens with zero attached hydrogens (tertiary/aromatic N) is 3. The van der Waals surface area contributed by atoms with Crippen LogP contribution in [-0.4, -0.2) is 42.1 Å². The molecule has 0 bridgehead atoms. The molecule has 1 heterocycles. The smallest absolute Gasteiger partial charge is 0.200 e. The molecule has 8 heteroatoms. The molecule has 0 saturated carbocycles. The van der Waals surface area contributed by atoms with Crippen LogP contribution in [0.1, 0.15) is 16.7 Å². The van der Waals surface area contributed by atoms with Crippen molar-refractivity contribution < 1.29 is 14.6 Å². The van der Waals surface area contributed by atoms with Gasteiger partial charge >= 0.3 is 0 Å². The second-order valence-corrected chi connectivity index (χ2v) is 6.60. The first-order chi connectivity index (χ1) is 14.6. The van der Waals surface area contributed by atoms with Gasteiger partial charge in [0.05, 0.1) is 20.8 Å². The summed E-state index contributed by atoms with van der Waals surface area (Å²) in [7, 11) is 4.74. The molecule has 0 amide bonds. The minimum absolute atomic E-state index is 0.0138. The predicted octanol–water partition coefficient (Wildman–Crippen LogP) is 2.52. The SMILES string of the molecule is CN=C(NCc1cc(OC)c(O)c(OC)c1)NCc1ccccc1Cn1cccn1. The normalized spacial score (nSPS) is 11.2. The Balaban J connectivity index is 1.62. The lowest BCUT2D eigenvalue weighted by atomic mass is 10.1. The lowest BCUT2D eigenvalue weighted by Crippen LogP contribution is -2.36.